The molecule has 1 unspecified atom stereocenters. The molecule has 0 aromatic heterocycles. The summed E-state index contributed by atoms with van der Waals surface area (Å²) >= 11 is 0. The van der Waals surface area contributed by atoms with Crippen molar-refractivity contribution in [1.29, 1.82) is 0 Å². The van der Waals surface area contributed by atoms with E-state index in [1.54, 1.807) is 7.11 Å². The Morgan fingerprint density at radius 2 is 1.90 bits per heavy atom. The molecule has 1 saturated heterocycles. The molecule has 0 aromatic carbocycles. The zero-order chi connectivity index (χ0) is 15.0. The fraction of sp³-hybridized carbons (Fsp3) is 1.00. The first kappa shape index (κ1) is 17.2. The molecule has 2 rings (SSSR count). The summed E-state index contributed by atoms with van der Waals surface area (Å²) < 4.78 is 10.7. The van der Waals surface area contributed by atoms with E-state index in [1.807, 2.05) is 7.11 Å². The third-order valence-electron chi connectivity index (χ3n) is 5.27. The van der Waals surface area contributed by atoms with Gasteiger partial charge in [-0.15, -0.1) is 0 Å². The maximum Gasteiger partial charge on any atom is 0.0710 e. The Balaban J connectivity index is 1.87. The van der Waals surface area contributed by atoms with Gasteiger partial charge in [-0.3, -0.25) is 0 Å². The van der Waals surface area contributed by atoms with Crippen molar-refractivity contribution in [1.82, 2.24) is 10.2 Å². The highest BCUT2D eigenvalue weighted by molar-refractivity contribution is 4.89. The Hall–Kier alpha value is -0.160. The summed E-state index contributed by atoms with van der Waals surface area (Å²) in [6.45, 7) is 6.50. The van der Waals surface area contributed by atoms with Crippen molar-refractivity contribution in [3.63, 3.8) is 0 Å². The summed E-state index contributed by atoms with van der Waals surface area (Å²) in [5.41, 5.74) is 0.465. The summed E-state index contributed by atoms with van der Waals surface area (Å²) in [5.74, 6) is 0. The highest BCUT2D eigenvalue weighted by Gasteiger charge is 2.35. The molecule has 4 heteroatoms. The third kappa shape index (κ3) is 5.51. The zero-order valence-corrected chi connectivity index (χ0v) is 14.0. The van der Waals surface area contributed by atoms with Gasteiger partial charge in [0.2, 0.25) is 0 Å². The van der Waals surface area contributed by atoms with Crippen LogP contribution in [0.25, 0.3) is 0 Å². The van der Waals surface area contributed by atoms with Crippen LogP contribution in [0.15, 0.2) is 0 Å². The lowest BCUT2D eigenvalue weighted by atomic mass is 9.79. The summed E-state index contributed by atoms with van der Waals surface area (Å²) in [6, 6.07) is 0. The second-order valence-corrected chi connectivity index (χ2v) is 6.97. The molecule has 21 heavy (non-hydrogen) atoms. The SMILES string of the molecule is COCCNCC1(CN2CCC(OC)C2)CCCCCC1. The van der Waals surface area contributed by atoms with E-state index in [1.165, 1.54) is 58.0 Å². The molecule has 124 valence electrons. The average Bonchev–Trinajstić information content (AvgIpc) is 2.82. The molecule has 1 atom stereocenters. The Morgan fingerprint density at radius 1 is 1.14 bits per heavy atom. The number of likely N-dealkylation sites (tertiary alicyclic amines) is 1. The van der Waals surface area contributed by atoms with Crippen LogP contribution < -0.4 is 5.32 Å². The van der Waals surface area contributed by atoms with Crippen LogP contribution in [0.1, 0.15) is 44.9 Å². The van der Waals surface area contributed by atoms with E-state index in [9.17, 15) is 0 Å². The molecule has 0 spiro atoms. The number of nitrogens with zero attached hydrogens (tertiary/aromatic N) is 1. The van der Waals surface area contributed by atoms with Crippen molar-refractivity contribution in [3.05, 3.63) is 0 Å². The lowest BCUT2D eigenvalue weighted by Crippen LogP contribution is -2.44. The summed E-state index contributed by atoms with van der Waals surface area (Å²) in [7, 11) is 3.63. The number of hydrogen-bond acceptors (Lipinski definition) is 4. The maximum absolute atomic E-state index is 5.53. The smallest absolute Gasteiger partial charge is 0.0710 e. The average molecular weight is 298 g/mol. The first-order valence-electron chi connectivity index (χ1n) is 8.73. The summed E-state index contributed by atoms with van der Waals surface area (Å²) in [6.07, 6.45) is 10.0. The van der Waals surface area contributed by atoms with Gasteiger partial charge in [-0.25, -0.2) is 0 Å². The number of nitrogens with one attached hydrogen (secondary N) is 1. The Morgan fingerprint density at radius 3 is 2.52 bits per heavy atom. The predicted molar refractivity (Wildman–Crippen MR) is 86.7 cm³/mol. The molecule has 0 amide bonds. The fourth-order valence-electron chi connectivity index (χ4n) is 4.00. The van der Waals surface area contributed by atoms with Gasteiger partial charge in [-0.05, 0) is 24.7 Å². The van der Waals surface area contributed by atoms with Crippen LogP contribution in [-0.2, 0) is 9.47 Å². The number of rotatable bonds is 8. The normalized spacial score (nSPS) is 26.9. The van der Waals surface area contributed by atoms with Crippen molar-refractivity contribution in [2.45, 2.75) is 51.0 Å². The van der Waals surface area contributed by atoms with E-state index < -0.39 is 0 Å². The van der Waals surface area contributed by atoms with E-state index in [-0.39, 0.29) is 0 Å². The van der Waals surface area contributed by atoms with Crippen molar-refractivity contribution < 1.29 is 9.47 Å². The molecule has 1 heterocycles. The van der Waals surface area contributed by atoms with Crippen molar-refractivity contribution >= 4 is 0 Å². The lowest BCUT2D eigenvalue weighted by Gasteiger charge is -2.37. The van der Waals surface area contributed by atoms with Gasteiger partial charge >= 0.3 is 0 Å². The Kier molecular flexibility index (Phi) is 7.44. The van der Waals surface area contributed by atoms with Gasteiger partial charge in [-0.1, -0.05) is 25.7 Å². The number of hydrogen-bond donors (Lipinski definition) is 1. The van der Waals surface area contributed by atoms with Crippen LogP contribution in [0, 0.1) is 5.41 Å². The molecular formula is C17H34N2O2. The fourth-order valence-corrected chi connectivity index (χ4v) is 4.00. The molecule has 0 aromatic rings. The molecule has 2 fully saturated rings. The van der Waals surface area contributed by atoms with Crippen LogP contribution in [0.3, 0.4) is 0 Å². The van der Waals surface area contributed by atoms with Crippen LogP contribution in [0.4, 0.5) is 0 Å². The molecule has 1 saturated carbocycles. The third-order valence-corrected chi connectivity index (χ3v) is 5.27. The van der Waals surface area contributed by atoms with E-state index in [2.05, 4.69) is 10.2 Å². The van der Waals surface area contributed by atoms with E-state index in [0.717, 1.165) is 26.2 Å². The molecule has 4 nitrogen and oxygen atoms in total. The second kappa shape index (κ2) is 9.09. The minimum Gasteiger partial charge on any atom is -0.383 e. The van der Waals surface area contributed by atoms with Gasteiger partial charge in [-0.2, -0.15) is 0 Å². The second-order valence-electron chi connectivity index (χ2n) is 6.97. The maximum atomic E-state index is 5.53. The molecule has 1 aliphatic heterocycles. The van der Waals surface area contributed by atoms with Crippen molar-refractivity contribution in [2.24, 2.45) is 5.41 Å². The molecule has 1 aliphatic carbocycles. The predicted octanol–water partition coefficient (Wildman–Crippen LogP) is 2.28. The standard InChI is InChI=1S/C17H34N2O2/c1-20-12-10-18-14-17(8-5-3-4-6-9-17)15-19-11-7-16(13-19)21-2/h16,18H,3-15H2,1-2H3. The first-order valence-corrected chi connectivity index (χ1v) is 8.73. The quantitative estimate of drug-likeness (QED) is 0.551. The van der Waals surface area contributed by atoms with Crippen molar-refractivity contribution in [3.8, 4) is 0 Å². The van der Waals surface area contributed by atoms with Crippen LogP contribution >= 0.6 is 0 Å². The van der Waals surface area contributed by atoms with Crippen molar-refractivity contribution in [2.75, 3.05) is 53.6 Å². The van der Waals surface area contributed by atoms with Crippen LogP contribution in [0.2, 0.25) is 0 Å². The topological polar surface area (TPSA) is 33.7 Å². The van der Waals surface area contributed by atoms with Gasteiger partial charge < -0.3 is 19.7 Å². The molecule has 1 N–H and O–H groups in total. The highest BCUT2D eigenvalue weighted by atomic mass is 16.5. The van der Waals surface area contributed by atoms with Gasteiger partial charge in [0.25, 0.3) is 0 Å². The van der Waals surface area contributed by atoms with Crippen LogP contribution in [-0.4, -0.2) is 64.6 Å². The van der Waals surface area contributed by atoms with E-state index in [0.29, 0.717) is 11.5 Å². The first-order chi connectivity index (χ1) is 10.3. The highest BCUT2D eigenvalue weighted by Crippen LogP contribution is 2.36. The summed E-state index contributed by atoms with van der Waals surface area (Å²) in [4.78, 5) is 2.64. The van der Waals surface area contributed by atoms with Gasteiger partial charge in [0, 0.05) is 46.9 Å². The number of methoxy groups -OCH3 is 2. The molecule has 0 radical (unpaired) electrons. The van der Waals surface area contributed by atoms with Crippen LogP contribution in [0.5, 0.6) is 0 Å². The lowest BCUT2D eigenvalue weighted by molar-refractivity contribution is 0.0912. The molecular weight excluding hydrogens is 264 g/mol. The van der Waals surface area contributed by atoms with E-state index in [4.69, 9.17) is 9.47 Å². The number of ether oxygens (including phenoxy) is 2. The van der Waals surface area contributed by atoms with E-state index >= 15 is 0 Å². The minimum atomic E-state index is 0.453. The van der Waals surface area contributed by atoms with Gasteiger partial charge in [0.15, 0.2) is 0 Å². The largest absolute Gasteiger partial charge is 0.383 e. The zero-order valence-electron chi connectivity index (χ0n) is 14.0. The summed E-state index contributed by atoms with van der Waals surface area (Å²) in [5, 5.41) is 3.64. The monoisotopic (exact) mass is 298 g/mol. The Labute approximate surface area is 130 Å². The minimum absolute atomic E-state index is 0.453. The Bertz CT molecular complexity index is 278. The molecule has 2 aliphatic rings. The van der Waals surface area contributed by atoms with Gasteiger partial charge in [0.1, 0.15) is 0 Å². The molecule has 0 bridgehead atoms. The van der Waals surface area contributed by atoms with Gasteiger partial charge in [0.05, 0.1) is 12.7 Å².